The van der Waals surface area contributed by atoms with Crippen LogP contribution < -0.4 is 5.73 Å². The van der Waals surface area contributed by atoms with Gasteiger partial charge in [-0.15, -0.1) is 0 Å². The van der Waals surface area contributed by atoms with E-state index < -0.39 is 0 Å². The van der Waals surface area contributed by atoms with E-state index in [1.807, 2.05) is 41.3 Å². The fourth-order valence-corrected chi connectivity index (χ4v) is 3.07. The number of hydrogen-bond donors (Lipinski definition) is 1. The Balaban J connectivity index is 2.05. The molecule has 1 saturated heterocycles. The molecule has 3 heteroatoms. The minimum Gasteiger partial charge on any atom is -0.398 e. The number of anilines is 1. The summed E-state index contributed by atoms with van der Waals surface area (Å²) in [6.45, 7) is 5.06. The zero-order chi connectivity index (χ0) is 14.3. The van der Waals surface area contributed by atoms with Crippen LogP contribution >= 0.6 is 0 Å². The van der Waals surface area contributed by atoms with Gasteiger partial charge in [-0.3, -0.25) is 4.79 Å². The molecule has 0 aliphatic carbocycles. The van der Waals surface area contributed by atoms with Crippen LogP contribution in [0.25, 0.3) is 10.8 Å². The maximum absolute atomic E-state index is 12.8. The molecule has 2 aromatic rings. The molecule has 0 spiro atoms. The van der Waals surface area contributed by atoms with Crippen LogP contribution in [0.15, 0.2) is 36.4 Å². The standard InChI is InChI=1S/C17H20N2O/c1-17(2)8-5-9-19(17)16(20)14-10-12-6-3-4-7-13(12)11-15(14)18/h3-4,6-7,10-11H,5,8-9,18H2,1-2H3. The Kier molecular flexibility index (Phi) is 2.93. The van der Waals surface area contributed by atoms with E-state index in [0.717, 1.165) is 30.2 Å². The predicted molar refractivity (Wildman–Crippen MR) is 82.7 cm³/mol. The third-order valence-electron chi connectivity index (χ3n) is 4.29. The molecule has 1 amide bonds. The number of carbonyl (C=O) groups is 1. The fourth-order valence-electron chi connectivity index (χ4n) is 3.07. The monoisotopic (exact) mass is 268 g/mol. The van der Waals surface area contributed by atoms with Crippen LogP contribution in [0.5, 0.6) is 0 Å². The van der Waals surface area contributed by atoms with Crippen LogP contribution in [-0.2, 0) is 0 Å². The van der Waals surface area contributed by atoms with Gasteiger partial charge in [-0.25, -0.2) is 0 Å². The first-order valence-corrected chi connectivity index (χ1v) is 7.09. The molecule has 2 aromatic carbocycles. The smallest absolute Gasteiger partial charge is 0.256 e. The lowest BCUT2D eigenvalue weighted by atomic mass is 10.00. The summed E-state index contributed by atoms with van der Waals surface area (Å²) in [5.74, 6) is 0.0516. The van der Waals surface area contributed by atoms with Gasteiger partial charge in [0.2, 0.25) is 0 Å². The Labute approximate surface area is 119 Å². The average Bonchev–Trinajstić information content (AvgIpc) is 2.77. The van der Waals surface area contributed by atoms with Gasteiger partial charge in [-0.2, -0.15) is 0 Å². The predicted octanol–water partition coefficient (Wildman–Crippen LogP) is 3.44. The first kappa shape index (κ1) is 13.0. The second-order valence-electron chi connectivity index (χ2n) is 6.16. The molecule has 1 fully saturated rings. The highest BCUT2D eigenvalue weighted by Crippen LogP contribution is 2.32. The van der Waals surface area contributed by atoms with Crippen molar-refractivity contribution in [1.82, 2.24) is 4.90 Å². The Morgan fingerprint density at radius 3 is 2.45 bits per heavy atom. The molecule has 0 bridgehead atoms. The van der Waals surface area contributed by atoms with E-state index in [4.69, 9.17) is 5.73 Å². The minimum atomic E-state index is -0.0742. The SMILES string of the molecule is CC1(C)CCCN1C(=O)c1cc2ccccc2cc1N. The van der Waals surface area contributed by atoms with Crippen molar-refractivity contribution in [2.45, 2.75) is 32.2 Å². The number of nitrogen functional groups attached to an aromatic ring is 1. The normalized spacial score (nSPS) is 17.6. The summed E-state index contributed by atoms with van der Waals surface area (Å²) in [5, 5.41) is 2.13. The fraction of sp³-hybridized carbons (Fsp3) is 0.353. The number of nitrogens with zero attached hydrogens (tertiary/aromatic N) is 1. The van der Waals surface area contributed by atoms with Gasteiger partial charge in [0, 0.05) is 17.8 Å². The quantitative estimate of drug-likeness (QED) is 0.805. The van der Waals surface area contributed by atoms with E-state index in [1.165, 1.54) is 0 Å². The molecule has 104 valence electrons. The highest BCUT2D eigenvalue weighted by molar-refractivity contribution is 6.04. The molecule has 3 rings (SSSR count). The van der Waals surface area contributed by atoms with Crippen molar-refractivity contribution in [2.24, 2.45) is 0 Å². The molecule has 1 heterocycles. The van der Waals surface area contributed by atoms with Crippen molar-refractivity contribution in [3.05, 3.63) is 42.0 Å². The number of amides is 1. The van der Waals surface area contributed by atoms with E-state index in [-0.39, 0.29) is 11.4 Å². The minimum absolute atomic E-state index is 0.0516. The number of rotatable bonds is 1. The van der Waals surface area contributed by atoms with Crippen LogP contribution in [0.1, 0.15) is 37.0 Å². The van der Waals surface area contributed by atoms with Gasteiger partial charge in [0.05, 0.1) is 5.56 Å². The number of benzene rings is 2. The third kappa shape index (κ3) is 2.03. The Bertz CT molecular complexity index is 676. The second kappa shape index (κ2) is 4.51. The summed E-state index contributed by atoms with van der Waals surface area (Å²) in [5.41, 5.74) is 7.21. The molecule has 1 aliphatic rings. The van der Waals surface area contributed by atoms with E-state index >= 15 is 0 Å². The number of carbonyl (C=O) groups excluding carboxylic acids is 1. The van der Waals surface area contributed by atoms with Crippen LogP contribution in [0.4, 0.5) is 5.69 Å². The summed E-state index contributed by atoms with van der Waals surface area (Å²) < 4.78 is 0. The van der Waals surface area contributed by atoms with Gasteiger partial charge in [0.1, 0.15) is 0 Å². The summed E-state index contributed by atoms with van der Waals surface area (Å²) in [6.07, 6.45) is 2.11. The highest BCUT2D eigenvalue weighted by Gasteiger charge is 2.36. The van der Waals surface area contributed by atoms with Crippen LogP contribution in [0.3, 0.4) is 0 Å². The van der Waals surface area contributed by atoms with Crippen molar-refractivity contribution >= 4 is 22.4 Å². The van der Waals surface area contributed by atoms with Crippen LogP contribution in [-0.4, -0.2) is 22.9 Å². The number of nitrogens with two attached hydrogens (primary N) is 1. The van der Waals surface area contributed by atoms with E-state index in [2.05, 4.69) is 13.8 Å². The van der Waals surface area contributed by atoms with Crippen LogP contribution in [0.2, 0.25) is 0 Å². The number of likely N-dealkylation sites (tertiary alicyclic amines) is 1. The van der Waals surface area contributed by atoms with Crippen molar-refractivity contribution in [3.63, 3.8) is 0 Å². The maximum atomic E-state index is 12.8. The molecule has 0 atom stereocenters. The van der Waals surface area contributed by atoms with Gasteiger partial charge in [-0.1, -0.05) is 24.3 Å². The van der Waals surface area contributed by atoms with Crippen molar-refractivity contribution in [3.8, 4) is 0 Å². The van der Waals surface area contributed by atoms with E-state index in [0.29, 0.717) is 11.3 Å². The maximum Gasteiger partial charge on any atom is 0.256 e. The van der Waals surface area contributed by atoms with Gasteiger partial charge >= 0.3 is 0 Å². The number of fused-ring (bicyclic) bond motifs is 1. The molecule has 3 nitrogen and oxygen atoms in total. The van der Waals surface area contributed by atoms with Gasteiger partial charge in [-0.05, 0) is 49.6 Å². The summed E-state index contributed by atoms with van der Waals surface area (Å²) >= 11 is 0. The molecule has 0 unspecified atom stereocenters. The molecule has 20 heavy (non-hydrogen) atoms. The summed E-state index contributed by atoms with van der Waals surface area (Å²) in [4.78, 5) is 14.7. The number of hydrogen-bond acceptors (Lipinski definition) is 2. The van der Waals surface area contributed by atoms with E-state index in [1.54, 1.807) is 0 Å². The zero-order valence-electron chi connectivity index (χ0n) is 12.0. The molecule has 1 aliphatic heterocycles. The third-order valence-corrected chi connectivity index (χ3v) is 4.29. The lowest BCUT2D eigenvalue weighted by Gasteiger charge is -2.32. The second-order valence-corrected chi connectivity index (χ2v) is 6.16. The zero-order valence-corrected chi connectivity index (χ0v) is 12.0. The summed E-state index contributed by atoms with van der Waals surface area (Å²) in [7, 11) is 0. The van der Waals surface area contributed by atoms with Gasteiger partial charge in [0.25, 0.3) is 5.91 Å². The summed E-state index contributed by atoms with van der Waals surface area (Å²) in [6, 6.07) is 11.8. The van der Waals surface area contributed by atoms with E-state index in [9.17, 15) is 4.79 Å². The lowest BCUT2D eigenvalue weighted by molar-refractivity contribution is 0.0653. The van der Waals surface area contributed by atoms with Crippen molar-refractivity contribution < 1.29 is 4.79 Å². The molecular formula is C17H20N2O. The topological polar surface area (TPSA) is 46.3 Å². The van der Waals surface area contributed by atoms with Crippen molar-refractivity contribution in [1.29, 1.82) is 0 Å². The Hall–Kier alpha value is -2.03. The first-order chi connectivity index (χ1) is 9.49. The lowest BCUT2D eigenvalue weighted by Crippen LogP contribution is -2.42. The van der Waals surface area contributed by atoms with Crippen molar-refractivity contribution in [2.75, 3.05) is 12.3 Å². The first-order valence-electron chi connectivity index (χ1n) is 7.09. The highest BCUT2D eigenvalue weighted by atomic mass is 16.2. The molecule has 0 radical (unpaired) electrons. The van der Waals surface area contributed by atoms with Gasteiger partial charge < -0.3 is 10.6 Å². The molecular weight excluding hydrogens is 248 g/mol. The largest absolute Gasteiger partial charge is 0.398 e. The molecule has 0 saturated carbocycles. The Morgan fingerprint density at radius 2 is 1.85 bits per heavy atom. The molecule has 0 aromatic heterocycles. The van der Waals surface area contributed by atoms with Gasteiger partial charge in [0.15, 0.2) is 0 Å². The van der Waals surface area contributed by atoms with Crippen LogP contribution in [0, 0.1) is 0 Å². The Morgan fingerprint density at radius 1 is 1.20 bits per heavy atom. The average molecular weight is 268 g/mol. The molecule has 2 N–H and O–H groups in total.